The molecule has 0 bridgehead atoms. The molecule has 7 rings (SSSR count). The van der Waals surface area contributed by atoms with Crippen LogP contribution in [0.3, 0.4) is 0 Å². The van der Waals surface area contributed by atoms with Crippen LogP contribution in [-0.2, 0) is 7.05 Å². The van der Waals surface area contributed by atoms with Gasteiger partial charge in [-0.15, -0.1) is 0 Å². The normalized spacial score (nSPS) is 11.7. The second-order valence-corrected chi connectivity index (χ2v) is 11.0. The smallest absolute Gasteiger partial charge is 0.215 e. The van der Waals surface area contributed by atoms with E-state index in [1.807, 2.05) is 0 Å². The van der Waals surface area contributed by atoms with Crippen molar-refractivity contribution >= 4 is 32.8 Å². The molecule has 0 fully saturated rings. The van der Waals surface area contributed by atoms with Gasteiger partial charge in [-0.2, -0.15) is 0 Å². The molecule has 5 aromatic carbocycles. The number of hydrogen-bond acceptors (Lipinski definition) is 1. The summed E-state index contributed by atoms with van der Waals surface area (Å²) >= 11 is 0. The van der Waals surface area contributed by atoms with Crippen LogP contribution in [0.25, 0.3) is 61.0 Å². The summed E-state index contributed by atoms with van der Waals surface area (Å²) in [6.45, 7) is 8.69. The van der Waals surface area contributed by atoms with E-state index >= 15 is 0 Å². The molecule has 0 N–H and O–H groups in total. The highest BCUT2D eigenvalue weighted by molar-refractivity contribution is 6.11. The number of aryl methyl sites for hydroxylation is 5. The number of nitrogens with zero attached hydrogens (tertiary/aromatic N) is 3. The molecule has 39 heavy (non-hydrogen) atoms. The lowest BCUT2D eigenvalue weighted by Crippen LogP contribution is -2.03. The van der Waals surface area contributed by atoms with Gasteiger partial charge in [0.15, 0.2) is 0 Å². The molecule has 0 radical (unpaired) electrons. The second kappa shape index (κ2) is 8.71. The van der Waals surface area contributed by atoms with Gasteiger partial charge in [-0.05, 0) is 91.9 Å². The van der Waals surface area contributed by atoms with Crippen molar-refractivity contribution in [1.82, 2.24) is 14.1 Å². The standard InChI is InChI=1S/C36H31N3/c1-22-10-13-29(25(4)17-22)27-12-15-34-31(21-27)30-20-26(28-18-23(2)16-24(3)19-28)11-14-33(30)39(34)36-37-32-8-6-7-9-35(32)38(36)5/h6-21H,1-5H3. The first-order valence-corrected chi connectivity index (χ1v) is 13.5. The Labute approximate surface area is 229 Å². The van der Waals surface area contributed by atoms with E-state index < -0.39 is 0 Å². The van der Waals surface area contributed by atoms with Crippen LogP contribution in [0, 0.1) is 27.7 Å². The number of fused-ring (bicyclic) bond motifs is 4. The van der Waals surface area contributed by atoms with E-state index in [4.69, 9.17) is 4.98 Å². The first-order chi connectivity index (χ1) is 18.9. The third-order valence-corrected chi connectivity index (χ3v) is 7.98. The highest BCUT2D eigenvalue weighted by Crippen LogP contribution is 2.38. The highest BCUT2D eigenvalue weighted by atomic mass is 15.2. The van der Waals surface area contributed by atoms with Crippen molar-refractivity contribution in [2.45, 2.75) is 27.7 Å². The third-order valence-electron chi connectivity index (χ3n) is 7.98. The Morgan fingerprint density at radius 3 is 1.90 bits per heavy atom. The molecular formula is C36H31N3. The lowest BCUT2D eigenvalue weighted by atomic mass is 9.96. The Kier molecular flexibility index (Phi) is 5.24. The van der Waals surface area contributed by atoms with Crippen LogP contribution in [0.2, 0.25) is 0 Å². The molecule has 3 heteroatoms. The Morgan fingerprint density at radius 1 is 0.538 bits per heavy atom. The van der Waals surface area contributed by atoms with Gasteiger partial charge < -0.3 is 4.57 Å². The van der Waals surface area contributed by atoms with E-state index in [1.54, 1.807) is 0 Å². The zero-order valence-electron chi connectivity index (χ0n) is 23.1. The number of rotatable bonds is 3. The van der Waals surface area contributed by atoms with E-state index in [-0.39, 0.29) is 0 Å². The van der Waals surface area contributed by atoms with Crippen molar-refractivity contribution in [1.29, 1.82) is 0 Å². The lowest BCUT2D eigenvalue weighted by Gasteiger charge is -2.10. The Balaban J connectivity index is 1.55. The van der Waals surface area contributed by atoms with Gasteiger partial charge in [0.2, 0.25) is 5.95 Å². The predicted octanol–water partition coefficient (Wildman–Crippen LogP) is 9.24. The topological polar surface area (TPSA) is 22.8 Å². The van der Waals surface area contributed by atoms with E-state index in [2.05, 4.69) is 141 Å². The summed E-state index contributed by atoms with van der Waals surface area (Å²) in [5.41, 5.74) is 14.6. The average molecular weight is 506 g/mol. The summed E-state index contributed by atoms with van der Waals surface area (Å²) in [5, 5.41) is 2.47. The molecule has 0 unspecified atom stereocenters. The fourth-order valence-corrected chi connectivity index (χ4v) is 6.20. The van der Waals surface area contributed by atoms with E-state index in [9.17, 15) is 0 Å². The van der Waals surface area contributed by atoms with Crippen LogP contribution in [0.15, 0.2) is 97.1 Å². The molecule has 0 amide bonds. The molecule has 0 atom stereocenters. The van der Waals surface area contributed by atoms with Crippen LogP contribution < -0.4 is 0 Å². The molecule has 3 nitrogen and oxygen atoms in total. The van der Waals surface area contributed by atoms with Crippen molar-refractivity contribution in [2.75, 3.05) is 0 Å². The Hall–Kier alpha value is -4.63. The van der Waals surface area contributed by atoms with Gasteiger partial charge >= 0.3 is 0 Å². The van der Waals surface area contributed by atoms with Crippen LogP contribution in [0.5, 0.6) is 0 Å². The monoisotopic (exact) mass is 505 g/mol. The van der Waals surface area contributed by atoms with Crippen molar-refractivity contribution < 1.29 is 0 Å². The minimum atomic E-state index is 0.926. The zero-order chi connectivity index (χ0) is 26.8. The molecule has 0 saturated carbocycles. The second-order valence-electron chi connectivity index (χ2n) is 11.0. The molecular weight excluding hydrogens is 474 g/mol. The molecule has 7 aromatic rings. The van der Waals surface area contributed by atoms with Crippen LogP contribution in [-0.4, -0.2) is 14.1 Å². The summed E-state index contributed by atoms with van der Waals surface area (Å²) in [6, 6.07) is 35.6. The number of para-hydroxylation sites is 2. The molecule has 0 aliphatic carbocycles. The van der Waals surface area contributed by atoms with Gasteiger partial charge in [-0.25, -0.2) is 4.98 Å². The molecule has 0 aliphatic heterocycles. The van der Waals surface area contributed by atoms with Crippen molar-refractivity contribution in [3.05, 3.63) is 119 Å². The number of benzene rings is 5. The average Bonchev–Trinajstić information content (AvgIpc) is 3.41. The molecule has 0 aliphatic rings. The minimum Gasteiger partial charge on any atom is -0.313 e. The first-order valence-electron chi connectivity index (χ1n) is 13.5. The summed E-state index contributed by atoms with van der Waals surface area (Å²) < 4.78 is 4.52. The van der Waals surface area contributed by atoms with E-state index in [0.717, 1.165) is 28.0 Å². The molecule has 190 valence electrons. The van der Waals surface area contributed by atoms with Crippen LogP contribution >= 0.6 is 0 Å². The quantitative estimate of drug-likeness (QED) is 0.235. The van der Waals surface area contributed by atoms with Gasteiger partial charge in [0, 0.05) is 17.8 Å². The maximum atomic E-state index is 5.09. The van der Waals surface area contributed by atoms with Crippen molar-refractivity contribution in [2.24, 2.45) is 7.05 Å². The van der Waals surface area contributed by atoms with Gasteiger partial charge in [0.25, 0.3) is 0 Å². The number of aromatic nitrogens is 3. The fraction of sp³-hybridized carbons (Fsp3) is 0.139. The van der Waals surface area contributed by atoms with Crippen molar-refractivity contribution in [3.8, 4) is 28.2 Å². The maximum absolute atomic E-state index is 5.09. The van der Waals surface area contributed by atoms with E-state index in [0.29, 0.717) is 0 Å². The van der Waals surface area contributed by atoms with Gasteiger partial charge in [-0.1, -0.05) is 77.4 Å². The van der Waals surface area contributed by atoms with Gasteiger partial charge in [-0.3, -0.25) is 4.57 Å². The van der Waals surface area contributed by atoms with Gasteiger partial charge in [0.1, 0.15) is 0 Å². The minimum absolute atomic E-state index is 0.926. The summed E-state index contributed by atoms with van der Waals surface area (Å²) in [7, 11) is 2.11. The van der Waals surface area contributed by atoms with Crippen LogP contribution in [0.1, 0.15) is 22.3 Å². The highest BCUT2D eigenvalue weighted by Gasteiger charge is 2.19. The van der Waals surface area contributed by atoms with E-state index in [1.165, 1.54) is 55.3 Å². The number of imidazole rings is 1. The fourth-order valence-electron chi connectivity index (χ4n) is 6.20. The SMILES string of the molecule is Cc1cc(C)cc(-c2ccc3c(c2)c2cc(-c4ccc(C)cc4C)ccc2n3-c2nc3ccccc3n2C)c1. The zero-order valence-corrected chi connectivity index (χ0v) is 23.1. The molecule has 2 heterocycles. The van der Waals surface area contributed by atoms with Crippen LogP contribution in [0.4, 0.5) is 0 Å². The summed E-state index contributed by atoms with van der Waals surface area (Å²) in [5.74, 6) is 0.926. The van der Waals surface area contributed by atoms with Gasteiger partial charge in [0.05, 0.1) is 22.1 Å². The molecule has 0 saturated heterocycles. The maximum Gasteiger partial charge on any atom is 0.215 e. The number of hydrogen-bond donors (Lipinski definition) is 0. The Bertz CT molecular complexity index is 2050. The summed E-state index contributed by atoms with van der Waals surface area (Å²) in [6.07, 6.45) is 0. The summed E-state index contributed by atoms with van der Waals surface area (Å²) in [4.78, 5) is 5.09. The molecule has 0 spiro atoms. The molecule has 2 aromatic heterocycles. The lowest BCUT2D eigenvalue weighted by molar-refractivity contribution is 0.870. The Morgan fingerprint density at radius 2 is 1.21 bits per heavy atom. The van der Waals surface area contributed by atoms with Crippen molar-refractivity contribution in [3.63, 3.8) is 0 Å². The predicted molar refractivity (Wildman–Crippen MR) is 165 cm³/mol. The largest absolute Gasteiger partial charge is 0.313 e. The third kappa shape index (κ3) is 3.77. The first kappa shape index (κ1) is 23.5.